The first kappa shape index (κ1) is 12.5. The molecule has 1 aromatic rings. The SMILES string of the molecule is CCNc1ccc(C(=O)NC(C)CC)cn1. The highest BCUT2D eigenvalue weighted by atomic mass is 16.1. The molecule has 1 rings (SSSR count). The van der Waals surface area contributed by atoms with Gasteiger partial charge in [0.1, 0.15) is 5.82 Å². The summed E-state index contributed by atoms with van der Waals surface area (Å²) in [5.41, 5.74) is 0.599. The molecule has 0 saturated carbocycles. The fourth-order valence-corrected chi connectivity index (χ4v) is 1.22. The van der Waals surface area contributed by atoms with E-state index in [0.717, 1.165) is 18.8 Å². The topological polar surface area (TPSA) is 54.0 Å². The Bertz CT molecular complexity index is 335. The van der Waals surface area contributed by atoms with Gasteiger partial charge in [0.15, 0.2) is 0 Å². The second-order valence-corrected chi connectivity index (χ2v) is 3.75. The molecular weight excluding hydrogens is 202 g/mol. The molecule has 0 spiro atoms. The third-order valence-corrected chi connectivity index (χ3v) is 2.37. The lowest BCUT2D eigenvalue weighted by molar-refractivity contribution is 0.0939. The lowest BCUT2D eigenvalue weighted by atomic mass is 10.2. The van der Waals surface area contributed by atoms with E-state index in [4.69, 9.17) is 0 Å². The Kier molecular flexibility index (Phi) is 4.76. The second kappa shape index (κ2) is 6.10. The Hall–Kier alpha value is -1.58. The summed E-state index contributed by atoms with van der Waals surface area (Å²) in [5, 5.41) is 5.98. The van der Waals surface area contributed by atoms with Crippen LogP contribution in [0.2, 0.25) is 0 Å². The van der Waals surface area contributed by atoms with E-state index in [-0.39, 0.29) is 11.9 Å². The molecular formula is C12H19N3O. The lowest BCUT2D eigenvalue weighted by Gasteiger charge is -2.11. The van der Waals surface area contributed by atoms with Crippen LogP contribution < -0.4 is 10.6 Å². The first-order valence-electron chi connectivity index (χ1n) is 5.68. The van der Waals surface area contributed by atoms with Crippen molar-refractivity contribution < 1.29 is 4.79 Å². The third kappa shape index (κ3) is 3.53. The van der Waals surface area contributed by atoms with Gasteiger partial charge >= 0.3 is 0 Å². The quantitative estimate of drug-likeness (QED) is 0.800. The van der Waals surface area contributed by atoms with Gasteiger partial charge in [-0.15, -0.1) is 0 Å². The van der Waals surface area contributed by atoms with E-state index in [1.807, 2.05) is 26.8 Å². The number of carbonyl (C=O) groups excluding carboxylic acids is 1. The van der Waals surface area contributed by atoms with E-state index >= 15 is 0 Å². The molecule has 0 aliphatic rings. The summed E-state index contributed by atoms with van der Waals surface area (Å²) in [5.74, 6) is 0.729. The van der Waals surface area contributed by atoms with Crippen molar-refractivity contribution >= 4 is 11.7 Å². The molecule has 0 fully saturated rings. The van der Waals surface area contributed by atoms with Crippen LogP contribution in [-0.4, -0.2) is 23.5 Å². The van der Waals surface area contributed by atoms with E-state index in [1.54, 1.807) is 12.3 Å². The van der Waals surface area contributed by atoms with E-state index in [9.17, 15) is 4.79 Å². The van der Waals surface area contributed by atoms with Crippen LogP contribution in [0.3, 0.4) is 0 Å². The summed E-state index contributed by atoms with van der Waals surface area (Å²) in [6, 6.07) is 3.79. The second-order valence-electron chi connectivity index (χ2n) is 3.75. The van der Waals surface area contributed by atoms with Gasteiger partial charge in [0, 0.05) is 18.8 Å². The van der Waals surface area contributed by atoms with Crippen LogP contribution in [0, 0.1) is 0 Å². The highest BCUT2D eigenvalue weighted by Gasteiger charge is 2.08. The third-order valence-electron chi connectivity index (χ3n) is 2.37. The van der Waals surface area contributed by atoms with Crippen LogP contribution in [0.5, 0.6) is 0 Å². The van der Waals surface area contributed by atoms with Crippen molar-refractivity contribution in [3.8, 4) is 0 Å². The number of rotatable bonds is 5. The monoisotopic (exact) mass is 221 g/mol. The predicted molar refractivity (Wildman–Crippen MR) is 65.6 cm³/mol. The molecule has 4 heteroatoms. The minimum absolute atomic E-state index is 0.0649. The zero-order valence-corrected chi connectivity index (χ0v) is 10.1. The molecule has 1 amide bonds. The number of hydrogen-bond acceptors (Lipinski definition) is 3. The van der Waals surface area contributed by atoms with Crippen molar-refractivity contribution in [2.24, 2.45) is 0 Å². The first-order chi connectivity index (χ1) is 7.67. The molecule has 1 atom stereocenters. The molecule has 1 aromatic heterocycles. The van der Waals surface area contributed by atoms with Gasteiger partial charge < -0.3 is 10.6 Å². The largest absolute Gasteiger partial charge is 0.370 e. The highest BCUT2D eigenvalue weighted by molar-refractivity contribution is 5.94. The van der Waals surface area contributed by atoms with Crippen LogP contribution in [-0.2, 0) is 0 Å². The minimum Gasteiger partial charge on any atom is -0.370 e. The lowest BCUT2D eigenvalue weighted by Crippen LogP contribution is -2.31. The van der Waals surface area contributed by atoms with Gasteiger partial charge in [-0.3, -0.25) is 4.79 Å². The minimum atomic E-state index is -0.0649. The van der Waals surface area contributed by atoms with Crippen LogP contribution in [0.4, 0.5) is 5.82 Å². The van der Waals surface area contributed by atoms with E-state index in [0.29, 0.717) is 5.56 Å². The number of pyridine rings is 1. The maximum absolute atomic E-state index is 11.7. The zero-order valence-electron chi connectivity index (χ0n) is 10.1. The van der Waals surface area contributed by atoms with Crippen LogP contribution in [0.1, 0.15) is 37.6 Å². The Morgan fingerprint density at radius 1 is 1.44 bits per heavy atom. The number of nitrogens with zero attached hydrogens (tertiary/aromatic N) is 1. The Morgan fingerprint density at radius 2 is 2.19 bits per heavy atom. The molecule has 0 aliphatic heterocycles. The van der Waals surface area contributed by atoms with Gasteiger partial charge in [-0.2, -0.15) is 0 Å². The van der Waals surface area contributed by atoms with E-state index in [1.165, 1.54) is 0 Å². The molecule has 0 saturated heterocycles. The molecule has 1 heterocycles. The van der Waals surface area contributed by atoms with Crippen LogP contribution in [0.25, 0.3) is 0 Å². The fourth-order valence-electron chi connectivity index (χ4n) is 1.22. The van der Waals surface area contributed by atoms with Gasteiger partial charge in [0.05, 0.1) is 5.56 Å². The number of amides is 1. The summed E-state index contributed by atoms with van der Waals surface area (Å²) in [6.07, 6.45) is 2.52. The summed E-state index contributed by atoms with van der Waals surface area (Å²) in [4.78, 5) is 15.9. The normalized spacial score (nSPS) is 11.9. The van der Waals surface area contributed by atoms with Crippen molar-refractivity contribution in [1.82, 2.24) is 10.3 Å². The van der Waals surface area contributed by atoms with Crippen molar-refractivity contribution in [3.05, 3.63) is 23.9 Å². The highest BCUT2D eigenvalue weighted by Crippen LogP contribution is 2.05. The zero-order chi connectivity index (χ0) is 12.0. The van der Waals surface area contributed by atoms with Gasteiger partial charge in [0.2, 0.25) is 0 Å². The number of hydrogen-bond donors (Lipinski definition) is 2. The number of carbonyl (C=O) groups is 1. The fraction of sp³-hybridized carbons (Fsp3) is 0.500. The molecule has 0 aliphatic carbocycles. The van der Waals surface area contributed by atoms with Crippen molar-refractivity contribution in [3.63, 3.8) is 0 Å². The maximum atomic E-state index is 11.7. The van der Waals surface area contributed by atoms with Crippen LogP contribution in [0.15, 0.2) is 18.3 Å². The summed E-state index contributed by atoms with van der Waals surface area (Å²) in [6.45, 7) is 6.85. The molecule has 2 N–H and O–H groups in total. The molecule has 0 radical (unpaired) electrons. The Morgan fingerprint density at radius 3 is 2.69 bits per heavy atom. The molecule has 0 aromatic carbocycles. The van der Waals surface area contributed by atoms with Crippen LogP contribution >= 0.6 is 0 Å². The predicted octanol–water partition coefficient (Wildman–Crippen LogP) is 2.04. The van der Waals surface area contributed by atoms with E-state index < -0.39 is 0 Å². The molecule has 1 unspecified atom stereocenters. The maximum Gasteiger partial charge on any atom is 0.253 e. The number of aromatic nitrogens is 1. The Balaban J connectivity index is 2.63. The average Bonchev–Trinajstić information content (AvgIpc) is 2.30. The van der Waals surface area contributed by atoms with Gasteiger partial charge in [-0.05, 0) is 32.4 Å². The Labute approximate surface area is 96.5 Å². The number of nitrogens with one attached hydrogen (secondary N) is 2. The van der Waals surface area contributed by atoms with Gasteiger partial charge in [-0.25, -0.2) is 4.98 Å². The average molecular weight is 221 g/mol. The molecule has 88 valence electrons. The summed E-state index contributed by atoms with van der Waals surface area (Å²) < 4.78 is 0. The van der Waals surface area contributed by atoms with Gasteiger partial charge in [0.25, 0.3) is 5.91 Å². The van der Waals surface area contributed by atoms with E-state index in [2.05, 4.69) is 15.6 Å². The standard InChI is InChI=1S/C12H19N3O/c1-4-9(3)15-12(16)10-6-7-11(13-5-2)14-8-10/h6-9H,4-5H2,1-3H3,(H,13,14)(H,15,16). The summed E-state index contributed by atoms with van der Waals surface area (Å²) >= 11 is 0. The van der Waals surface area contributed by atoms with Crippen molar-refractivity contribution in [2.75, 3.05) is 11.9 Å². The molecule has 16 heavy (non-hydrogen) atoms. The van der Waals surface area contributed by atoms with Gasteiger partial charge in [-0.1, -0.05) is 6.92 Å². The first-order valence-corrected chi connectivity index (χ1v) is 5.68. The number of anilines is 1. The summed E-state index contributed by atoms with van der Waals surface area (Å²) in [7, 11) is 0. The molecule has 4 nitrogen and oxygen atoms in total. The van der Waals surface area contributed by atoms with Crippen molar-refractivity contribution in [2.45, 2.75) is 33.2 Å². The molecule has 0 bridgehead atoms. The smallest absolute Gasteiger partial charge is 0.253 e. The van der Waals surface area contributed by atoms with Crippen molar-refractivity contribution in [1.29, 1.82) is 0 Å².